The zero-order valence-electron chi connectivity index (χ0n) is 18.3. The van der Waals surface area contributed by atoms with Crippen LogP contribution < -0.4 is 5.32 Å². The lowest BCUT2D eigenvalue weighted by atomic mass is 9.91. The van der Waals surface area contributed by atoms with Gasteiger partial charge in [-0.25, -0.2) is 0 Å². The molecule has 2 aliphatic rings. The highest BCUT2D eigenvalue weighted by molar-refractivity contribution is 6.39. The molecule has 3 heterocycles. The quantitative estimate of drug-likeness (QED) is 0.222. The van der Waals surface area contributed by atoms with E-state index in [-0.39, 0.29) is 12.2 Å². The molecule has 7 rings (SSSR count). The molecule has 2 amide bonds. The van der Waals surface area contributed by atoms with Crippen molar-refractivity contribution < 1.29 is 29.6 Å². The van der Waals surface area contributed by atoms with Gasteiger partial charge in [0.05, 0.1) is 28.8 Å². The van der Waals surface area contributed by atoms with E-state index in [2.05, 4.69) is 5.32 Å². The highest BCUT2D eigenvalue weighted by atomic mass is 16.5. The normalized spacial score (nSPS) is 24.5. The number of nitrogens with one attached hydrogen (secondary N) is 1. The zero-order chi connectivity index (χ0) is 24.0. The predicted molar refractivity (Wildman–Crippen MR) is 129 cm³/mol. The number of hydrogen-bond donors (Lipinski definition) is 4. The number of imide groups is 1. The third-order valence-electron chi connectivity index (χ3n) is 7.25. The number of rotatable bonds is 1. The molecule has 8 heteroatoms. The minimum atomic E-state index is -1.42. The fourth-order valence-electron chi connectivity index (χ4n) is 5.73. The van der Waals surface area contributed by atoms with Crippen LogP contribution in [0.15, 0.2) is 60.7 Å². The van der Waals surface area contributed by atoms with Crippen molar-refractivity contribution in [2.45, 2.75) is 24.5 Å². The number of fused-ring (bicyclic) bond motifs is 10. The maximum atomic E-state index is 13.2. The molecule has 8 nitrogen and oxygen atoms in total. The Morgan fingerprint density at radius 2 is 1.46 bits per heavy atom. The largest absolute Gasteiger partial charge is 0.388 e. The number of nitrogens with zero attached hydrogens (tertiary/aromatic N) is 1. The van der Waals surface area contributed by atoms with Gasteiger partial charge in [-0.1, -0.05) is 54.6 Å². The van der Waals surface area contributed by atoms with Crippen LogP contribution in [0.4, 0.5) is 0 Å². The van der Waals surface area contributed by atoms with E-state index < -0.39 is 36.4 Å². The number of carbonyl (C=O) groups excluding carboxylic acids is 2. The van der Waals surface area contributed by atoms with Crippen molar-refractivity contribution in [2.24, 2.45) is 0 Å². The zero-order valence-corrected chi connectivity index (χ0v) is 18.3. The Labute approximate surface area is 197 Å². The first kappa shape index (κ1) is 20.5. The Kier molecular flexibility index (Phi) is 4.16. The van der Waals surface area contributed by atoms with E-state index in [4.69, 9.17) is 4.74 Å². The van der Waals surface area contributed by atoms with Gasteiger partial charge in [0.15, 0.2) is 6.23 Å². The fourth-order valence-corrected chi connectivity index (χ4v) is 5.73. The van der Waals surface area contributed by atoms with Crippen molar-refractivity contribution in [1.82, 2.24) is 9.88 Å². The summed E-state index contributed by atoms with van der Waals surface area (Å²) in [6.07, 6.45) is -5.07. The van der Waals surface area contributed by atoms with Gasteiger partial charge in [0, 0.05) is 21.5 Å². The number of aliphatic hydroxyl groups excluding tert-OH is 3. The summed E-state index contributed by atoms with van der Waals surface area (Å²) in [4.78, 5) is 26.3. The molecule has 5 aromatic rings. The van der Waals surface area contributed by atoms with Crippen LogP contribution >= 0.6 is 0 Å². The third kappa shape index (κ3) is 2.59. The lowest BCUT2D eigenvalue weighted by molar-refractivity contribution is -0.208. The number of aliphatic hydroxyl groups is 3. The Morgan fingerprint density at radius 1 is 0.771 bits per heavy atom. The van der Waals surface area contributed by atoms with Crippen LogP contribution in [-0.2, 0) is 4.74 Å². The van der Waals surface area contributed by atoms with E-state index >= 15 is 0 Å². The number of aromatic nitrogens is 1. The number of benzene rings is 4. The smallest absolute Gasteiger partial charge is 0.259 e. The average molecular weight is 468 g/mol. The van der Waals surface area contributed by atoms with Gasteiger partial charge < -0.3 is 24.6 Å². The van der Waals surface area contributed by atoms with Crippen LogP contribution in [0.3, 0.4) is 0 Å². The molecule has 1 saturated heterocycles. The Morgan fingerprint density at radius 3 is 2.26 bits per heavy atom. The van der Waals surface area contributed by atoms with Gasteiger partial charge in [-0.3, -0.25) is 14.9 Å². The molecule has 0 spiro atoms. The first-order valence-electron chi connectivity index (χ1n) is 11.4. The number of para-hydroxylation sites is 1. The van der Waals surface area contributed by atoms with Crippen LogP contribution in [0.1, 0.15) is 26.9 Å². The molecule has 0 saturated carbocycles. The van der Waals surface area contributed by atoms with Crippen molar-refractivity contribution in [3.8, 4) is 0 Å². The Balaban J connectivity index is 1.74. The molecule has 0 unspecified atom stereocenters. The van der Waals surface area contributed by atoms with E-state index in [9.17, 15) is 24.9 Å². The van der Waals surface area contributed by atoms with Crippen LogP contribution in [-0.4, -0.2) is 56.6 Å². The van der Waals surface area contributed by atoms with E-state index in [1.54, 1.807) is 4.57 Å². The second kappa shape index (κ2) is 7.10. The van der Waals surface area contributed by atoms with Crippen molar-refractivity contribution >= 4 is 55.2 Å². The van der Waals surface area contributed by atoms with E-state index in [1.807, 2.05) is 60.7 Å². The summed E-state index contributed by atoms with van der Waals surface area (Å²) in [7, 11) is 0. The van der Waals surface area contributed by atoms with Crippen LogP contribution in [0.5, 0.6) is 0 Å². The summed E-state index contributed by atoms with van der Waals surface area (Å²) >= 11 is 0. The molecular formula is C27H20N2O6. The van der Waals surface area contributed by atoms with Gasteiger partial charge in [0.1, 0.15) is 18.3 Å². The molecule has 4 N–H and O–H groups in total. The summed E-state index contributed by atoms with van der Waals surface area (Å²) in [5.41, 5.74) is 1.90. The van der Waals surface area contributed by atoms with Gasteiger partial charge in [0.2, 0.25) is 0 Å². The van der Waals surface area contributed by atoms with Crippen LogP contribution in [0.25, 0.3) is 43.4 Å². The van der Waals surface area contributed by atoms with E-state index in [0.717, 1.165) is 21.5 Å². The standard InChI is InChI=1S/C27H20N2O6/c30-17-11-35-27(24(32)23(17)31)29-16-8-4-3-7-14(16)19-21-20(25(33)28-26(21)34)18-13-6-2-1-5-12(13)9-10-15(18)22(19)29/h1-10,17,23-24,27,30-32H,11H2,(H,28,33,34)/t17-,23-,24-,27+/m1/s1. The first-order valence-corrected chi connectivity index (χ1v) is 11.4. The molecule has 35 heavy (non-hydrogen) atoms. The molecule has 1 fully saturated rings. The fraction of sp³-hybridized carbons (Fsp3) is 0.185. The second-order valence-corrected chi connectivity index (χ2v) is 9.13. The first-order chi connectivity index (χ1) is 17.0. The van der Waals surface area contributed by atoms with Crippen LogP contribution in [0.2, 0.25) is 0 Å². The highest BCUT2D eigenvalue weighted by Gasteiger charge is 2.41. The van der Waals surface area contributed by atoms with Gasteiger partial charge in [-0.05, 0) is 16.8 Å². The maximum Gasteiger partial charge on any atom is 0.259 e. The Bertz CT molecular complexity index is 1740. The minimum absolute atomic E-state index is 0.165. The van der Waals surface area contributed by atoms with E-state index in [0.29, 0.717) is 27.4 Å². The van der Waals surface area contributed by atoms with Crippen molar-refractivity contribution in [1.29, 1.82) is 0 Å². The molecule has 0 aliphatic carbocycles. The third-order valence-corrected chi connectivity index (χ3v) is 7.25. The van der Waals surface area contributed by atoms with Gasteiger partial charge in [-0.15, -0.1) is 0 Å². The van der Waals surface area contributed by atoms with Crippen molar-refractivity contribution in [3.63, 3.8) is 0 Å². The maximum absolute atomic E-state index is 13.2. The average Bonchev–Trinajstić information content (AvgIpc) is 3.36. The summed E-state index contributed by atoms with van der Waals surface area (Å²) < 4.78 is 7.65. The summed E-state index contributed by atoms with van der Waals surface area (Å²) in [6, 6.07) is 18.9. The van der Waals surface area contributed by atoms with Crippen LogP contribution in [0, 0.1) is 0 Å². The highest BCUT2D eigenvalue weighted by Crippen LogP contribution is 2.45. The molecule has 2 aliphatic heterocycles. The molecule has 0 radical (unpaired) electrons. The summed E-state index contributed by atoms with van der Waals surface area (Å²) in [5.74, 6) is -0.925. The Hall–Kier alpha value is -3.82. The molecule has 0 bridgehead atoms. The second-order valence-electron chi connectivity index (χ2n) is 9.13. The molecule has 4 aromatic carbocycles. The number of ether oxygens (including phenoxy) is 1. The van der Waals surface area contributed by atoms with Gasteiger partial charge in [-0.2, -0.15) is 0 Å². The summed E-state index contributed by atoms with van der Waals surface area (Å²) in [5, 5.41) is 38.3. The summed E-state index contributed by atoms with van der Waals surface area (Å²) in [6.45, 7) is -0.165. The topological polar surface area (TPSA) is 121 Å². The number of carbonyl (C=O) groups is 2. The molecule has 174 valence electrons. The van der Waals surface area contributed by atoms with Crippen molar-refractivity contribution in [3.05, 3.63) is 71.8 Å². The minimum Gasteiger partial charge on any atom is -0.388 e. The monoisotopic (exact) mass is 468 g/mol. The number of hydrogen-bond acceptors (Lipinski definition) is 6. The lowest BCUT2D eigenvalue weighted by Gasteiger charge is -2.36. The van der Waals surface area contributed by atoms with Gasteiger partial charge in [0.25, 0.3) is 11.8 Å². The SMILES string of the molecule is O=C1NC(=O)c2c1c1c3ccccc3ccc1c1c2c2ccccc2n1[C@H]1OC[C@@H](O)[C@@H](O)[C@H]1O. The lowest BCUT2D eigenvalue weighted by Crippen LogP contribution is -2.50. The predicted octanol–water partition coefficient (Wildman–Crippen LogP) is 2.60. The molecular weight excluding hydrogens is 448 g/mol. The number of amides is 2. The molecule has 4 atom stereocenters. The van der Waals surface area contributed by atoms with Crippen molar-refractivity contribution in [2.75, 3.05) is 6.61 Å². The molecule has 1 aromatic heterocycles. The van der Waals surface area contributed by atoms with E-state index in [1.165, 1.54) is 0 Å². The van der Waals surface area contributed by atoms with Gasteiger partial charge >= 0.3 is 0 Å².